The van der Waals surface area contributed by atoms with Crippen LogP contribution in [0.25, 0.3) is 0 Å². The number of carbonyl (C=O) groups is 2. The van der Waals surface area contributed by atoms with Crippen molar-refractivity contribution in [3.8, 4) is 0 Å². The Labute approximate surface area is 205 Å². The molecular formula is C26H22F2N2O2S2. The fraction of sp³-hybridized carbons (Fsp3) is 0.231. The minimum atomic E-state index is -0.341. The van der Waals surface area contributed by atoms with Crippen LogP contribution in [0.5, 0.6) is 0 Å². The number of nitrogens with zero attached hydrogens (tertiary/aromatic N) is 2. The third-order valence-corrected chi connectivity index (χ3v) is 8.53. The Morgan fingerprint density at radius 1 is 0.676 bits per heavy atom. The summed E-state index contributed by atoms with van der Waals surface area (Å²) in [5.74, 6) is -0.166. The van der Waals surface area contributed by atoms with Crippen LogP contribution in [-0.4, -0.2) is 23.3 Å². The van der Waals surface area contributed by atoms with Crippen LogP contribution in [0.2, 0.25) is 0 Å². The number of benzene rings is 3. The van der Waals surface area contributed by atoms with Crippen molar-refractivity contribution in [1.82, 2.24) is 0 Å². The van der Waals surface area contributed by atoms with E-state index in [4.69, 9.17) is 0 Å². The summed E-state index contributed by atoms with van der Waals surface area (Å²) >= 11 is 3.00. The van der Waals surface area contributed by atoms with Gasteiger partial charge in [0.1, 0.15) is 22.4 Å². The average Bonchev–Trinajstić information content (AvgIpc) is 3.40. The number of amides is 2. The quantitative estimate of drug-likeness (QED) is 0.435. The van der Waals surface area contributed by atoms with Crippen molar-refractivity contribution in [3.05, 3.63) is 94.6 Å². The number of carbonyl (C=O) groups excluding carboxylic acids is 2. The van der Waals surface area contributed by atoms with Gasteiger partial charge in [-0.3, -0.25) is 19.4 Å². The molecule has 8 heteroatoms. The van der Waals surface area contributed by atoms with Gasteiger partial charge in [-0.05, 0) is 60.4 Å². The highest BCUT2D eigenvalue weighted by molar-refractivity contribution is 8.01. The molecule has 2 atom stereocenters. The molecular weight excluding hydrogens is 474 g/mol. The maximum Gasteiger partial charge on any atom is 0.238 e. The second-order valence-electron chi connectivity index (χ2n) is 8.39. The lowest BCUT2D eigenvalue weighted by Crippen LogP contribution is -2.28. The van der Waals surface area contributed by atoms with Gasteiger partial charge in [-0.1, -0.05) is 36.4 Å². The first-order chi connectivity index (χ1) is 16.3. The maximum absolute atomic E-state index is 14.2. The molecule has 5 rings (SSSR count). The van der Waals surface area contributed by atoms with E-state index in [1.807, 2.05) is 24.3 Å². The molecule has 0 aromatic heterocycles. The predicted octanol–water partition coefficient (Wildman–Crippen LogP) is 6.14. The smallest absolute Gasteiger partial charge is 0.238 e. The van der Waals surface area contributed by atoms with E-state index in [1.54, 1.807) is 47.9 Å². The standard InChI is InChI=1S/C26H22F2N2O2S2/c1-15-3-9-19(11-21(15)27)29-23(31)13-33-25(29)17-5-7-18(8-6-17)26-30(24(32)14-34-26)20-10-4-16(2)22(28)12-20/h3-12,25-26H,13-14H2,1-2H3/t25-,26+. The van der Waals surface area contributed by atoms with Gasteiger partial charge >= 0.3 is 0 Å². The van der Waals surface area contributed by atoms with E-state index in [2.05, 4.69) is 0 Å². The Morgan fingerprint density at radius 2 is 1.06 bits per heavy atom. The first-order valence-electron chi connectivity index (χ1n) is 10.8. The van der Waals surface area contributed by atoms with E-state index in [9.17, 15) is 18.4 Å². The Morgan fingerprint density at radius 3 is 1.41 bits per heavy atom. The van der Waals surface area contributed by atoms with Gasteiger partial charge in [-0.2, -0.15) is 0 Å². The number of anilines is 2. The average molecular weight is 497 g/mol. The summed E-state index contributed by atoms with van der Waals surface area (Å²) in [6.07, 6.45) is 0. The third-order valence-electron chi connectivity index (χ3n) is 6.11. The lowest BCUT2D eigenvalue weighted by molar-refractivity contribution is -0.116. The molecule has 0 saturated carbocycles. The van der Waals surface area contributed by atoms with Crippen molar-refractivity contribution in [2.45, 2.75) is 24.6 Å². The zero-order chi connectivity index (χ0) is 24.0. The van der Waals surface area contributed by atoms with Gasteiger partial charge in [-0.15, -0.1) is 23.5 Å². The SMILES string of the molecule is Cc1ccc(N2C(=O)CS[C@@H]2c2ccc([C@@H]3SCC(=O)N3c3ccc(C)c(F)c3)cc2)cc1F. The zero-order valence-corrected chi connectivity index (χ0v) is 20.3. The molecule has 0 spiro atoms. The number of aryl methyl sites for hydroxylation is 2. The van der Waals surface area contributed by atoms with Crippen LogP contribution in [0.15, 0.2) is 60.7 Å². The summed E-state index contributed by atoms with van der Waals surface area (Å²) in [7, 11) is 0. The zero-order valence-electron chi connectivity index (χ0n) is 18.6. The predicted molar refractivity (Wildman–Crippen MR) is 134 cm³/mol. The first-order valence-corrected chi connectivity index (χ1v) is 12.9. The summed E-state index contributed by atoms with van der Waals surface area (Å²) in [5, 5.41) is -0.521. The highest BCUT2D eigenvalue weighted by Crippen LogP contribution is 2.45. The molecule has 2 aliphatic heterocycles. The second-order valence-corrected chi connectivity index (χ2v) is 10.5. The molecule has 2 saturated heterocycles. The molecule has 0 unspecified atom stereocenters. The third kappa shape index (κ3) is 4.09. The van der Waals surface area contributed by atoms with Crippen molar-refractivity contribution in [1.29, 1.82) is 0 Å². The van der Waals surface area contributed by atoms with Crippen LogP contribution >= 0.6 is 23.5 Å². The Hall–Kier alpha value is -2.84. The van der Waals surface area contributed by atoms with Gasteiger partial charge in [-0.25, -0.2) is 8.78 Å². The van der Waals surface area contributed by atoms with E-state index in [0.717, 1.165) is 11.1 Å². The molecule has 2 heterocycles. The number of hydrogen-bond donors (Lipinski definition) is 0. The van der Waals surface area contributed by atoms with Crippen molar-refractivity contribution in [2.24, 2.45) is 0 Å². The summed E-state index contributed by atoms with van der Waals surface area (Å²) in [6, 6.07) is 17.5. The minimum absolute atomic E-state index is 0.0631. The van der Waals surface area contributed by atoms with E-state index in [1.165, 1.54) is 35.7 Å². The van der Waals surface area contributed by atoms with Crippen molar-refractivity contribution < 1.29 is 18.4 Å². The van der Waals surface area contributed by atoms with Gasteiger partial charge in [0.2, 0.25) is 11.8 Å². The first kappa shape index (κ1) is 22.9. The molecule has 0 radical (unpaired) electrons. The molecule has 2 fully saturated rings. The normalized spacial score (nSPS) is 20.5. The van der Waals surface area contributed by atoms with Crippen LogP contribution in [-0.2, 0) is 9.59 Å². The number of halogens is 2. The monoisotopic (exact) mass is 496 g/mol. The van der Waals surface area contributed by atoms with E-state index < -0.39 is 0 Å². The molecule has 0 N–H and O–H groups in total. The van der Waals surface area contributed by atoms with Gasteiger partial charge in [0.05, 0.1) is 11.5 Å². The van der Waals surface area contributed by atoms with Gasteiger partial charge in [0.25, 0.3) is 0 Å². The molecule has 4 nitrogen and oxygen atoms in total. The fourth-order valence-corrected chi connectivity index (χ4v) is 6.54. The largest absolute Gasteiger partial charge is 0.295 e. The van der Waals surface area contributed by atoms with Crippen LogP contribution < -0.4 is 9.80 Å². The lowest BCUT2D eigenvalue weighted by atomic mass is 10.1. The Bertz CT molecular complexity index is 1180. The molecule has 2 amide bonds. The summed E-state index contributed by atoms with van der Waals surface area (Å²) < 4.78 is 28.3. The summed E-state index contributed by atoms with van der Waals surface area (Å²) in [6.45, 7) is 3.38. The lowest BCUT2D eigenvalue weighted by Gasteiger charge is -2.26. The van der Waals surface area contributed by atoms with Crippen LogP contribution in [0.3, 0.4) is 0 Å². The molecule has 34 heavy (non-hydrogen) atoms. The van der Waals surface area contributed by atoms with Crippen molar-refractivity contribution >= 4 is 46.7 Å². The van der Waals surface area contributed by atoms with Crippen LogP contribution in [0, 0.1) is 25.5 Å². The number of thioether (sulfide) groups is 2. The second kappa shape index (κ2) is 9.07. The van der Waals surface area contributed by atoms with Crippen LogP contribution in [0.4, 0.5) is 20.2 Å². The van der Waals surface area contributed by atoms with Gasteiger partial charge in [0.15, 0.2) is 0 Å². The van der Waals surface area contributed by atoms with Gasteiger partial charge in [0, 0.05) is 11.4 Å². The van der Waals surface area contributed by atoms with Gasteiger partial charge < -0.3 is 0 Å². The molecule has 2 aliphatic rings. The fourth-order valence-electron chi connectivity index (χ4n) is 4.19. The van der Waals surface area contributed by atoms with E-state index in [-0.39, 0.29) is 34.2 Å². The highest BCUT2D eigenvalue weighted by Gasteiger charge is 2.36. The van der Waals surface area contributed by atoms with E-state index >= 15 is 0 Å². The summed E-state index contributed by atoms with van der Waals surface area (Å²) in [5.41, 5.74) is 3.98. The maximum atomic E-state index is 14.2. The Balaban J connectivity index is 1.42. The van der Waals surface area contributed by atoms with E-state index in [0.29, 0.717) is 34.0 Å². The molecule has 174 valence electrons. The highest BCUT2D eigenvalue weighted by atomic mass is 32.2. The Kier molecular flexibility index (Phi) is 6.12. The molecule has 0 aliphatic carbocycles. The number of hydrogen-bond acceptors (Lipinski definition) is 4. The topological polar surface area (TPSA) is 40.6 Å². The molecule has 0 bridgehead atoms. The van der Waals surface area contributed by atoms with Crippen molar-refractivity contribution in [2.75, 3.05) is 21.3 Å². The van der Waals surface area contributed by atoms with Crippen molar-refractivity contribution in [3.63, 3.8) is 0 Å². The molecule has 3 aromatic carbocycles. The van der Waals surface area contributed by atoms with Crippen LogP contribution in [0.1, 0.15) is 33.0 Å². The number of rotatable bonds is 4. The minimum Gasteiger partial charge on any atom is -0.295 e. The summed E-state index contributed by atoms with van der Waals surface area (Å²) in [4.78, 5) is 28.5. The molecule has 3 aromatic rings.